The largest absolute Gasteiger partial charge is 0.458 e. The van der Waals surface area contributed by atoms with Crippen molar-refractivity contribution in [2.45, 2.75) is 64.3 Å². The van der Waals surface area contributed by atoms with Crippen LogP contribution in [0, 0.1) is 23.7 Å². The number of fused-ring (bicyclic) bond motifs is 2. The quantitative estimate of drug-likeness (QED) is 0.241. The fourth-order valence-electron chi connectivity index (χ4n) is 5.80. The van der Waals surface area contributed by atoms with E-state index in [2.05, 4.69) is 12.2 Å². The summed E-state index contributed by atoms with van der Waals surface area (Å²) in [5.41, 5.74) is 2.19. The highest BCUT2D eigenvalue weighted by atomic mass is 16.7. The second-order valence-electron chi connectivity index (χ2n) is 10.4. The number of allylic oxidation sites excluding steroid dienone is 4. The van der Waals surface area contributed by atoms with E-state index in [9.17, 15) is 29.4 Å². The lowest BCUT2D eigenvalue weighted by Crippen LogP contribution is -2.25. The van der Waals surface area contributed by atoms with Gasteiger partial charge < -0.3 is 29.2 Å². The number of carbonyl (C=O) groups is 4. The molecule has 0 aromatic carbocycles. The Morgan fingerprint density at radius 2 is 1.39 bits per heavy atom. The molecule has 2 N–H and O–H groups in total. The molecule has 8 atom stereocenters. The molecule has 2 aliphatic heterocycles. The first-order valence-corrected chi connectivity index (χ1v) is 12.7. The summed E-state index contributed by atoms with van der Waals surface area (Å²) in [6.45, 7) is 3.30. The number of aliphatic hydroxyl groups excluding tert-OH is 2. The molecule has 0 bridgehead atoms. The summed E-state index contributed by atoms with van der Waals surface area (Å²) in [7, 11) is 0. The summed E-state index contributed by atoms with van der Waals surface area (Å²) in [4.78, 5) is 46.1. The first-order chi connectivity index (χ1) is 18.1. The second kappa shape index (κ2) is 10.3. The molecule has 202 valence electrons. The lowest BCUT2D eigenvalue weighted by atomic mass is 9.97. The molecule has 0 aromatic heterocycles. The summed E-state index contributed by atoms with van der Waals surface area (Å²) in [6.07, 6.45) is 9.02. The third kappa shape index (κ3) is 4.98. The lowest BCUT2D eigenvalue weighted by molar-refractivity contribution is -0.153. The fourth-order valence-corrected chi connectivity index (χ4v) is 5.80. The van der Waals surface area contributed by atoms with E-state index in [1.807, 2.05) is 0 Å². The Morgan fingerprint density at radius 3 is 1.95 bits per heavy atom. The van der Waals surface area contributed by atoms with Crippen LogP contribution in [0.25, 0.3) is 0 Å². The van der Waals surface area contributed by atoms with Gasteiger partial charge in [-0.2, -0.15) is 0 Å². The Bertz CT molecular complexity index is 1200. The van der Waals surface area contributed by atoms with Crippen molar-refractivity contribution in [3.8, 4) is 0 Å². The lowest BCUT2D eigenvalue weighted by Gasteiger charge is -2.12. The number of hydrogen-bond donors (Lipinski definition) is 2. The zero-order valence-corrected chi connectivity index (χ0v) is 21.1. The third-order valence-electron chi connectivity index (χ3n) is 7.94. The van der Waals surface area contributed by atoms with E-state index in [-0.39, 0.29) is 41.7 Å². The van der Waals surface area contributed by atoms with Crippen LogP contribution in [0.2, 0.25) is 0 Å². The van der Waals surface area contributed by atoms with E-state index >= 15 is 0 Å². The number of ketones is 2. The van der Waals surface area contributed by atoms with Gasteiger partial charge in [-0.1, -0.05) is 12.2 Å². The molecule has 6 rings (SSSR count). The molecule has 0 aromatic rings. The molecule has 0 amide bonds. The summed E-state index contributed by atoms with van der Waals surface area (Å²) < 4.78 is 20.6. The van der Waals surface area contributed by atoms with Crippen molar-refractivity contribution >= 4 is 23.5 Å². The standard InChI is InChI=1S/C14H16O6.C14H14O4/c1-6-2-12(20-14(6)18)19-5-9-7-3-11(16)13(17)8(7)4-10(9)15;1-8-5-13(18-14(8)16)17-7-11-10-4-2-3-9(10)6-12(11)15/h2,5,7-8,11-13,16-17H,3-4H2,1H3;2-3,5,7,9-10,13H,4,6H2,1H3/b9-5+;11-7+/t7-,8-,11?,12+,13?;9-,10-,13+/m00/s1. The SMILES string of the molecule is CC1=C[C@H](O/C=C2/C(=O)C[C@@H]3C(O)C(O)C[C@H]23)OC1=O.CC1=C[C@H](O/C=C2/C(=O)C[C@@H]3C=CC[C@H]23)OC1=O. The van der Waals surface area contributed by atoms with Crippen LogP contribution in [0.3, 0.4) is 0 Å². The maximum atomic E-state index is 11.9. The number of ether oxygens (including phenoxy) is 4. The van der Waals surface area contributed by atoms with Crippen LogP contribution in [0.1, 0.15) is 39.5 Å². The zero-order valence-electron chi connectivity index (χ0n) is 21.1. The van der Waals surface area contributed by atoms with Crippen molar-refractivity contribution in [3.05, 3.63) is 59.1 Å². The highest BCUT2D eigenvalue weighted by Crippen LogP contribution is 2.46. The summed E-state index contributed by atoms with van der Waals surface area (Å²) in [6, 6.07) is 0. The maximum Gasteiger partial charge on any atom is 0.336 e. The summed E-state index contributed by atoms with van der Waals surface area (Å²) >= 11 is 0. The van der Waals surface area contributed by atoms with Crippen molar-refractivity contribution in [2.24, 2.45) is 23.7 Å². The van der Waals surface area contributed by atoms with Crippen LogP contribution in [-0.2, 0) is 38.1 Å². The molecule has 3 fully saturated rings. The smallest absolute Gasteiger partial charge is 0.336 e. The maximum absolute atomic E-state index is 11.9. The molecule has 38 heavy (non-hydrogen) atoms. The Hall–Kier alpha value is -3.50. The number of hydrogen-bond acceptors (Lipinski definition) is 10. The number of esters is 2. The van der Waals surface area contributed by atoms with Crippen LogP contribution in [0.4, 0.5) is 0 Å². The second-order valence-corrected chi connectivity index (χ2v) is 10.4. The van der Waals surface area contributed by atoms with Crippen LogP contribution >= 0.6 is 0 Å². The van der Waals surface area contributed by atoms with E-state index in [1.165, 1.54) is 18.6 Å². The van der Waals surface area contributed by atoms with Gasteiger partial charge in [0.05, 0.1) is 24.7 Å². The van der Waals surface area contributed by atoms with E-state index < -0.39 is 30.8 Å². The summed E-state index contributed by atoms with van der Waals surface area (Å²) in [5, 5.41) is 19.5. The normalized spacial score (nSPS) is 39.1. The minimum Gasteiger partial charge on any atom is -0.458 e. The predicted octanol–water partition coefficient (Wildman–Crippen LogP) is 1.93. The zero-order chi connectivity index (χ0) is 27.1. The third-order valence-corrected chi connectivity index (χ3v) is 7.94. The summed E-state index contributed by atoms with van der Waals surface area (Å²) in [5.74, 6) is -0.594. The number of carbonyl (C=O) groups excluding carboxylic acids is 4. The van der Waals surface area contributed by atoms with E-state index in [0.717, 1.165) is 12.0 Å². The highest BCUT2D eigenvalue weighted by molar-refractivity contribution is 5.99. The number of cyclic esters (lactones) is 2. The Balaban J connectivity index is 0.000000156. The van der Waals surface area contributed by atoms with E-state index in [4.69, 9.17) is 18.9 Å². The van der Waals surface area contributed by atoms with Crippen LogP contribution in [-0.4, -0.2) is 58.5 Å². The van der Waals surface area contributed by atoms with Gasteiger partial charge in [-0.05, 0) is 38.5 Å². The van der Waals surface area contributed by atoms with Crippen molar-refractivity contribution in [2.75, 3.05) is 0 Å². The number of aliphatic hydroxyl groups is 2. The van der Waals surface area contributed by atoms with Crippen LogP contribution in [0.5, 0.6) is 0 Å². The van der Waals surface area contributed by atoms with Crippen LogP contribution < -0.4 is 0 Å². The fraction of sp³-hybridized carbons (Fsp3) is 0.500. The van der Waals surface area contributed by atoms with Gasteiger partial charge in [-0.25, -0.2) is 9.59 Å². The van der Waals surface area contributed by atoms with Crippen LogP contribution in [0.15, 0.2) is 59.1 Å². The molecular formula is C28H30O10. The van der Waals surface area contributed by atoms with Gasteiger partial charge >= 0.3 is 11.9 Å². The van der Waals surface area contributed by atoms with Gasteiger partial charge in [0, 0.05) is 59.1 Å². The van der Waals surface area contributed by atoms with Gasteiger partial charge in [-0.15, -0.1) is 0 Å². The van der Waals surface area contributed by atoms with Gasteiger partial charge in [0.2, 0.25) is 0 Å². The molecule has 2 unspecified atom stereocenters. The highest BCUT2D eigenvalue weighted by Gasteiger charge is 2.50. The predicted molar refractivity (Wildman–Crippen MR) is 129 cm³/mol. The average Bonchev–Trinajstić information content (AvgIpc) is 3.68. The van der Waals surface area contributed by atoms with Crippen molar-refractivity contribution in [1.29, 1.82) is 0 Å². The molecule has 6 aliphatic rings. The molecule has 4 aliphatic carbocycles. The average molecular weight is 527 g/mol. The molecule has 0 radical (unpaired) electrons. The number of rotatable bonds is 4. The minimum atomic E-state index is -0.860. The van der Waals surface area contributed by atoms with Crippen molar-refractivity contribution in [3.63, 3.8) is 0 Å². The molecule has 3 saturated carbocycles. The molecular weight excluding hydrogens is 496 g/mol. The van der Waals surface area contributed by atoms with Gasteiger partial charge in [0.25, 0.3) is 12.6 Å². The number of Topliss-reactive ketones (excluding diaryl/α,β-unsaturated/α-hetero) is 2. The van der Waals surface area contributed by atoms with E-state index in [1.54, 1.807) is 19.9 Å². The van der Waals surface area contributed by atoms with Gasteiger partial charge in [-0.3, -0.25) is 9.59 Å². The van der Waals surface area contributed by atoms with Gasteiger partial charge in [0.15, 0.2) is 11.6 Å². The Morgan fingerprint density at radius 1 is 0.842 bits per heavy atom. The Kier molecular flexibility index (Phi) is 7.11. The first kappa shape index (κ1) is 26.1. The topological polar surface area (TPSA) is 146 Å². The minimum absolute atomic E-state index is 0.0871. The van der Waals surface area contributed by atoms with E-state index in [0.29, 0.717) is 35.5 Å². The molecule has 10 nitrogen and oxygen atoms in total. The molecule has 10 heteroatoms. The van der Waals surface area contributed by atoms with Gasteiger partial charge in [0.1, 0.15) is 0 Å². The Labute approximate surface area is 219 Å². The first-order valence-electron chi connectivity index (χ1n) is 12.7. The van der Waals surface area contributed by atoms with Crippen molar-refractivity contribution < 1.29 is 48.3 Å². The molecule has 0 saturated heterocycles. The molecule has 2 heterocycles. The monoisotopic (exact) mass is 526 g/mol. The molecule has 0 spiro atoms. The van der Waals surface area contributed by atoms with Crippen molar-refractivity contribution in [1.82, 2.24) is 0 Å².